The van der Waals surface area contributed by atoms with Crippen LogP contribution in [0.3, 0.4) is 0 Å². The molecule has 29 heavy (non-hydrogen) atoms. The summed E-state index contributed by atoms with van der Waals surface area (Å²) in [5.74, 6) is 0.445. The Morgan fingerprint density at radius 1 is 1.03 bits per heavy atom. The maximum atomic E-state index is 14.1. The first-order chi connectivity index (χ1) is 14.1. The largest absolute Gasteiger partial charge is 0.396 e. The van der Waals surface area contributed by atoms with Crippen LogP contribution in [0.4, 0.5) is 16.0 Å². The van der Waals surface area contributed by atoms with E-state index in [1.54, 1.807) is 30.6 Å². The van der Waals surface area contributed by atoms with Crippen molar-refractivity contribution in [2.45, 2.75) is 12.8 Å². The van der Waals surface area contributed by atoms with Gasteiger partial charge in [0.2, 0.25) is 11.9 Å². The van der Waals surface area contributed by atoms with Gasteiger partial charge in [-0.1, -0.05) is 12.1 Å². The summed E-state index contributed by atoms with van der Waals surface area (Å²) < 4.78 is 14.1. The van der Waals surface area contributed by atoms with Gasteiger partial charge in [0.1, 0.15) is 5.82 Å². The van der Waals surface area contributed by atoms with Gasteiger partial charge in [0.15, 0.2) is 0 Å². The molecule has 4 rings (SSSR count). The van der Waals surface area contributed by atoms with Crippen molar-refractivity contribution in [3.8, 4) is 0 Å². The first-order valence-corrected chi connectivity index (χ1v) is 10.0. The lowest BCUT2D eigenvalue weighted by atomic mass is 9.82. The van der Waals surface area contributed by atoms with Crippen LogP contribution >= 0.6 is 0 Å². The molecule has 0 spiro atoms. The van der Waals surface area contributed by atoms with Gasteiger partial charge in [0.25, 0.3) is 0 Å². The minimum absolute atomic E-state index is 0.0373. The van der Waals surface area contributed by atoms with E-state index in [2.05, 4.69) is 9.97 Å². The molecular weight excluding hydrogens is 373 g/mol. The fourth-order valence-corrected chi connectivity index (χ4v) is 4.39. The third-order valence-electron chi connectivity index (χ3n) is 5.99. The summed E-state index contributed by atoms with van der Waals surface area (Å²) in [6.07, 6.45) is 4.47. The second-order valence-corrected chi connectivity index (χ2v) is 7.70. The molecule has 0 saturated carbocycles. The van der Waals surface area contributed by atoms with E-state index in [-0.39, 0.29) is 18.3 Å². The van der Waals surface area contributed by atoms with Crippen LogP contribution in [-0.4, -0.2) is 71.8 Å². The SMILES string of the molecule is O=C(N1CCN(c2ccccc2F)CC1)C1(CCO)CCN(c2ncccn2)C1. The molecule has 0 aliphatic carbocycles. The molecule has 1 atom stereocenters. The fraction of sp³-hybridized carbons (Fsp3) is 0.476. The molecule has 2 saturated heterocycles. The molecule has 8 heteroatoms. The molecule has 7 nitrogen and oxygen atoms in total. The molecule has 0 radical (unpaired) electrons. The lowest BCUT2D eigenvalue weighted by Gasteiger charge is -2.40. The summed E-state index contributed by atoms with van der Waals surface area (Å²) >= 11 is 0. The van der Waals surface area contributed by atoms with Crippen molar-refractivity contribution in [2.75, 3.05) is 55.7 Å². The van der Waals surface area contributed by atoms with E-state index in [4.69, 9.17) is 0 Å². The molecule has 1 unspecified atom stereocenters. The monoisotopic (exact) mass is 399 g/mol. The van der Waals surface area contributed by atoms with Crippen molar-refractivity contribution < 1.29 is 14.3 Å². The Morgan fingerprint density at radius 2 is 1.76 bits per heavy atom. The molecule has 1 N–H and O–H groups in total. The zero-order valence-electron chi connectivity index (χ0n) is 16.4. The summed E-state index contributed by atoms with van der Waals surface area (Å²) in [4.78, 5) is 27.9. The summed E-state index contributed by atoms with van der Waals surface area (Å²) in [5.41, 5.74) is -0.0494. The van der Waals surface area contributed by atoms with Crippen LogP contribution in [-0.2, 0) is 4.79 Å². The molecule has 1 aromatic heterocycles. The standard InChI is InChI=1S/C21H26FN5O2/c22-17-4-1-2-5-18(17)25-11-13-26(14-12-25)19(29)21(7-15-28)6-10-27(16-21)20-23-8-3-9-24-20/h1-5,8-9,28H,6-7,10-16H2. The third-order valence-corrected chi connectivity index (χ3v) is 5.99. The molecule has 1 amide bonds. The average molecular weight is 399 g/mol. The number of benzene rings is 1. The Morgan fingerprint density at radius 3 is 2.45 bits per heavy atom. The minimum Gasteiger partial charge on any atom is -0.396 e. The minimum atomic E-state index is -0.631. The Labute approximate surface area is 169 Å². The number of rotatable bonds is 5. The third kappa shape index (κ3) is 3.89. The quantitative estimate of drug-likeness (QED) is 0.822. The molecule has 154 valence electrons. The molecule has 2 aliphatic heterocycles. The van der Waals surface area contributed by atoms with Crippen LogP contribution in [0.25, 0.3) is 0 Å². The van der Waals surface area contributed by atoms with E-state index >= 15 is 0 Å². The number of hydrogen-bond donors (Lipinski definition) is 1. The van der Waals surface area contributed by atoms with Gasteiger partial charge in [0, 0.05) is 58.3 Å². The summed E-state index contributed by atoms with van der Waals surface area (Å²) in [6, 6.07) is 8.50. The smallest absolute Gasteiger partial charge is 0.230 e. The zero-order valence-corrected chi connectivity index (χ0v) is 16.4. The first kappa shape index (κ1) is 19.6. The molecule has 2 fully saturated rings. The van der Waals surface area contributed by atoms with E-state index < -0.39 is 5.41 Å². The van der Waals surface area contributed by atoms with Crippen LogP contribution in [0.1, 0.15) is 12.8 Å². The fourth-order valence-electron chi connectivity index (χ4n) is 4.39. The van der Waals surface area contributed by atoms with E-state index in [1.807, 2.05) is 20.8 Å². The van der Waals surface area contributed by atoms with Gasteiger partial charge >= 0.3 is 0 Å². The number of carbonyl (C=O) groups excluding carboxylic acids is 1. The van der Waals surface area contributed by atoms with E-state index in [1.165, 1.54) is 6.07 Å². The van der Waals surface area contributed by atoms with Crippen molar-refractivity contribution in [2.24, 2.45) is 5.41 Å². The highest BCUT2D eigenvalue weighted by molar-refractivity contribution is 5.84. The highest BCUT2D eigenvalue weighted by atomic mass is 19.1. The number of piperazine rings is 1. The maximum Gasteiger partial charge on any atom is 0.230 e. The number of para-hydroxylation sites is 1. The predicted molar refractivity (Wildman–Crippen MR) is 108 cm³/mol. The molecular formula is C21H26FN5O2. The van der Waals surface area contributed by atoms with Crippen LogP contribution in [0.15, 0.2) is 42.7 Å². The van der Waals surface area contributed by atoms with Crippen LogP contribution in [0.5, 0.6) is 0 Å². The van der Waals surface area contributed by atoms with Crippen LogP contribution in [0, 0.1) is 11.2 Å². The number of hydrogen-bond acceptors (Lipinski definition) is 6. The predicted octanol–water partition coefficient (Wildman–Crippen LogP) is 1.54. The van der Waals surface area contributed by atoms with Gasteiger partial charge in [-0.2, -0.15) is 0 Å². The van der Waals surface area contributed by atoms with Crippen LogP contribution in [0.2, 0.25) is 0 Å². The second-order valence-electron chi connectivity index (χ2n) is 7.70. The summed E-state index contributed by atoms with van der Waals surface area (Å²) in [5, 5.41) is 9.65. The van der Waals surface area contributed by atoms with Gasteiger partial charge < -0.3 is 19.8 Å². The van der Waals surface area contributed by atoms with Gasteiger partial charge in [-0.05, 0) is 31.0 Å². The van der Waals surface area contributed by atoms with E-state index in [0.717, 1.165) is 0 Å². The normalized spacial score (nSPS) is 22.2. The molecule has 2 aromatic rings. The number of halogens is 1. The highest BCUT2D eigenvalue weighted by Gasteiger charge is 2.47. The summed E-state index contributed by atoms with van der Waals surface area (Å²) in [6.45, 7) is 3.42. The van der Waals surface area contributed by atoms with Gasteiger partial charge in [-0.15, -0.1) is 0 Å². The van der Waals surface area contributed by atoms with Crippen molar-refractivity contribution in [3.05, 3.63) is 48.5 Å². The Hall–Kier alpha value is -2.74. The molecule has 0 bridgehead atoms. The van der Waals surface area contributed by atoms with Crippen molar-refractivity contribution >= 4 is 17.5 Å². The maximum absolute atomic E-state index is 14.1. The Bertz CT molecular complexity index is 844. The first-order valence-electron chi connectivity index (χ1n) is 10.0. The Balaban J connectivity index is 1.44. The second kappa shape index (κ2) is 8.32. The number of amides is 1. The van der Waals surface area contributed by atoms with Gasteiger partial charge in [-0.3, -0.25) is 4.79 Å². The van der Waals surface area contributed by atoms with Crippen LogP contribution < -0.4 is 9.80 Å². The van der Waals surface area contributed by atoms with Crippen molar-refractivity contribution in [1.29, 1.82) is 0 Å². The lowest BCUT2D eigenvalue weighted by molar-refractivity contribution is -0.142. The topological polar surface area (TPSA) is 72.8 Å². The van der Waals surface area contributed by atoms with Crippen molar-refractivity contribution in [1.82, 2.24) is 14.9 Å². The van der Waals surface area contributed by atoms with Crippen molar-refractivity contribution in [3.63, 3.8) is 0 Å². The molecule has 3 heterocycles. The van der Waals surface area contributed by atoms with Gasteiger partial charge in [-0.25, -0.2) is 14.4 Å². The number of anilines is 2. The number of aromatic nitrogens is 2. The number of carbonyl (C=O) groups is 1. The molecule has 2 aliphatic rings. The number of aliphatic hydroxyl groups is 1. The van der Waals surface area contributed by atoms with E-state index in [0.29, 0.717) is 63.7 Å². The zero-order chi connectivity index (χ0) is 20.3. The Kier molecular flexibility index (Phi) is 5.62. The van der Waals surface area contributed by atoms with Gasteiger partial charge in [0.05, 0.1) is 11.1 Å². The lowest BCUT2D eigenvalue weighted by Crippen LogP contribution is -2.54. The summed E-state index contributed by atoms with van der Waals surface area (Å²) in [7, 11) is 0. The van der Waals surface area contributed by atoms with E-state index in [9.17, 15) is 14.3 Å². The number of nitrogens with zero attached hydrogens (tertiary/aromatic N) is 5. The average Bonchev–Trinajstić information content (AvgIpc) is 3.20. The number of aliphatic hydroxyl groups excluding tert-OH is 1. The molecule has 1 aromatic carbocycles. The highest BCUT2D eigenvalue weighted by Crippen LogP contribution is 2.37.